The number of amides is 1. The number of carboxylic acids is 1. The number of thiophene rings is 1. The van der Waals surface area contributed by atoms with Crippen molar-refractivity contribution < 1.29 is 14.7 Å². The van der Waals surface area contributed by atoms with Gasteiger partial charge in [0.2, 0.25) is 5.91 Å². The fourth-order valence-electron chi connectivity index (χ4n) is 2.02. The van der Waals surface area contributed by atoms with Gasteiger partial charge in [-0.25, -0.2) is 4.79 Å². The maximum Gasteiger partial charge on any atom is 0.335 e. The number of nitrogens with zero attached hydrogens (tertiary/aromatic N) is 1. The maximum absolute atomic E-state index is 12.2. The number of aryl methyl sites for hydroxylation is 1. The second-order valence-corrected chi connectivity index (χ2v) is 6.32. The van der Waals surface area contributed by atoms with Crippen LogP contribution in [-0.4, -0.2) is 28.9 Å². The Morgan fingerprint density at radius 3 is 2.62 bits per heavy atom. The van der Waals surface area contributed by atoms with Crippen LogP contribution in [0, 0.1) is 6.92 Å². The van der Waals surface area contributed by atoms with Crippen molar-refractivity contribution in [1.82, 2.24) is 4.90 Å². The molecule has 0 unspecified atom stereocenters. The van der Waals surface area contributed by atoms with E-state index in [-0.39, 0.29) is 17.9 Å². The first-order valence-electron chi connectivity index (χ1n) is 6.57. The Kier molecular flexibility index (Phi) is 4.75. The Bertz CT molecular complexity index is 663. The molecule has 0 aliphatic carbocycles. The molecule has 21 heavy (non-hydrogen) atoms. The number of hydrogen-bond acceptors (Lipinski definition) is 3. The molecular formula is C16H17NO3S. The van der Waals surface area contributed by atoms with Gasteiger partial charge < -0.3 is 10.0 Å². The van der Waals surface area contributed by atoms with E-state index in [1.807, 2.05) is 19.1 Å². The number of benzene rings is 1. The first kappa shape index (κ1) is 15.3. The van der Waals surface area contributed by atoms with Gasteiger partial charge in [0.1, 0.15) is 0 Å². The molecule has 0 fully saturated rings. The summed E-state index contributed by atoms with van der Waals surface area (Å²) in [4.78, 5) is 27.1. The molecule has 1 heterocycles. The highest BCUT2D eigenvalue weighted by Crippen LogP contribution is 2.17. The van der Waals surface area contributed by atoms with Crippen LogP contribution >= 0.6 is 11.3 Å². The fourth-order valence-corrected chi connectivity index (χ4v) is 2.96. The van der Waals surface area contributed by atoms with Gasteiger partial charge in [0.15, 0.2) is 0 Å². The number of carboxylic acid groups (broad SMARTS) is 1. The van der Waals surface area contributed by atoms with Crippen LogP contribution in [0.2, 0.25) is 0 Å². The van der Waals surface area contributed by atoms with E-state index in [2.05, 4.69) is 0 Å². The molecule has 1 aromatic heterocycles. The molecule has 0 aliphatic heterocycles. The first-order valence-corrected chi connectivity index (χ1v) is 7.39. The molecule has 1 amide bonds. The maximum atomic E-state index is 12.2. The third-order valence-electron chi connectivity index (χ3n) is 3.14. The zero-order valence-electron chi connectivity index (χ0n) is 12.0. The largest absolute Gasteiger partial charge is 0.478 e. The van der Waals surface area contributed by atoms with Crippen LogP contribution in [0.15, 0.2) is 36.4 Å². The van der Waals surface area contributed by atoms with Gasteiger partial charge in [-0.05, 0) is 36.8 Å². The van der Waals surface area contributed by atoms with E-state index in [9.17, 15) is 9.59 Å². The number of likely N-dealkylation sites (N-methyl/N-ethyl adjacent to an activating group) is 1. The van der Waals surface area contributed by atoms with Gasteiger partial charge >= 0.3 is 5.97 Å². The minimum Gasteiger partial charge on any atom is -0.478 e. The predicted octanol–water partition coefficient (Wildman–Crippen LogP) is 2.96. The van der Waals surface area contributed by atoms with Crippen molar-refractivity contribution in [2.24, 2.45) is 0 Å². The standard InChI is InChI=1S/C16H17NO3S/c1-11-6-7-14(21-11)10-17(2)15(18)9-12-4-3-5-13(8-12)16(19)20/h3-8H,9-10H2,1-2H3,(H,19,20). The summed E-state index contributed by atoms with van der Waals surface area (Å²) in [5, 5.41) is 8.96. The molecule has 4 nitrogen and oxygen atoms in total. The third kappa shape index (κ3) is 4.16. The van der Waals surface area contributed by atoms with E-state index < -0.39 is 5.97 Å². The number of carbonyl (C=O) groups is 2. The van der Waals surface area contributed by atoms with E-state index in [0.717, 1.165) is 4.88 Å². The SMILES string of the molecule is Cc1ccc(CN(C)C(=O)Cc2cccc(C(=O)O)c2)s1. The lowest BCUT2D eigenvalue weighted by Gasteiger charge is -2.16. The Balaban J connectivity index is 2.00. The predicted molar refractivity (Wildman–Crippen MR) is 82.6 cm³/mol. The first-order chi connectivity index (χ1) is 9.95. The molecule has 0 aliphatic rings. The molecule has 1 N–H and O–H groups in total. The van der Waals surface area contributed by atoms with Gasteiger partial charge in [-0.1, -0.05) is 12.1 Å². The van der Waals surface area contributed by atoms with Crippen molar-refractivity contribution in [2.75, 3.05) is 7.05 Å². The van der Waals surface area contributed by atoms with E-state index in [0.29, 0.717) is 12.1 Å². The molecule has 5 heteroatoms. The van der Waals surface area contributed by atoms with Crippen molar-refractivity contribution in [2.45, 2.75) is 19.9 Å². The fraction of sp³-hybridized carbons (Fsp3) is 0.250. The smallest absolute Gasteiger partial charge is 0.335 e. The zero-order valence-corrected chi connectivity index (χ0v) is 12.8. The summed E-state index contributed by atoms with van der Waals surface area (Å²) in [6.07, 6.45) is 0.210. The van der Waals surface area contributed by atoms with E-state index in [1.165, 1.54) is 10.9 Å². The van der Waals surface area contributed by atoms with E-state index in [4.69, 9.17) is 5.11 Å². The molecule has 2 rings (SSSR count). The highest BCUT2D eigenvalue weighted by Gasteiger charge is 2.12. The lowest BCUT2D eigenvalue weighted by Crippen LogP contribution is -2.27. The molecule has 2 aromatic rings. The van der Waals surface area contributed by atoms with Crippen LogP contribution < -0.4 is 0 Å². The second kappa shape index (κ2) is 6.54. The minimum atomic E-state index is -0.980. The Labute approximate surface area is 127 Å². The summed E-state index contributed by atoms with van der Waals surface area (Å²) in [6.45, 7) is 2.61. The minimum absolute atomic E-state index is 0.0245. The van der Waals surface area contributed by atoms with Crippen LogP contribution in [-0.2, 0) is 17.8 Å². The van der Waals surface area contributed by atoms with Crippen LogP contribution in [0.3, 0.4) is 0 Å². The Morgan fingerprint density at radius 2 is 2.00 bits per heavy atom. The van der Waals surface area contributed by atoms with Gasteiger partial charge in [0.25, 0.3) is 0 Å². The summed E-state index contributed by atoms with van der Waals surface area (Å²) in [7, 11) is 1.76. The van der Waals surface area contributed by atoms with Gasteiger partial charge in [0.05, 0.1) is 18.5 Å². The number of hydrogen-bond donors (Lipinski definition) is 1. The molecule has 0 saturated heterocycles. The van der Waals surface area contributed by atoms with Crippen LogP contribution in [0.1, 0.15) is 25.7 Å². The lowest BCUT2D eigenvalue weighted by atomic mass is 10.1. The van der Waals surface area contributed by atoms with Crippen LogP contribution in [0.5, 0.6) is 0 Å². The normalized spacial score (nSPS) is 10.4. The second-order valence-electron chi connectivity index (χ2n) is 4.94. The van der Waals surface area contributed by atoms with E-state index >= 15 is 0 Å². The Hall–Kier alpha value is -2.14. The molecule has 1 aromatic carbocycles. The summed E-state index contributed by atoms with van der Waals surface area (Å²) in [5.74, 6) is -1.00. The van der Waals surface area contributed by atoms with Crippen molar-refractivity contribution in [1.29, 1.82) is 0 Å². The van der Waals surface area contributed by atoms with Crippen molar-refractivity contribution in [3.8, 4) is 0 Å². The van der Waals surface area contributed by atoms with Crippen molar-refractivity contribution >= 4 is 23.2 Å². The van der Waals surface area contributed by atoms with Gasteiger partial charge in [0, 0.05) is 16.8 Å². The van der Waals surface area contributed by atoms with Gasteiger partial charge in [-0.2, -0.15) is 0 Å². The van der Waals surface area contributed by atoms with Crippen LogP contribution in [0.25, 0.3) is 0 Å². The molecule has 0 bridgehead atoms. The zero-order chi connectivity index (χ0) is 15.4. The van der Waals surface area contributed by atoms with Crippen molar-refractivity contribution in [3.05, 3.63) is 57.3 Å². The number of rotatable bonds is 5. The average molecular weight is 303 g/mol. The lowest BCUT2D eigenvalue weighted by molar-refractivity contribution is -0.129. The quantitative estimate of drug-likeness (QED) is 0.924. The Morgan fingerprint density at radius 1 is 1.24 bits per heavy atom. The average Bonchev–Trinajstić information content (AvgIpc) is 2.84. The monoisotopic (exact) mass is 303 g/mol. The highest BCUT2D eigenvalue weighted by molar-refractivity contribution is 7.11. The topological polar surface area (TPSA) is 57.6 Å². The molecular weight excluding hydrogens is 286 g/mol. The van der Waals surface area contributed by atoms with E-state index in [1.54, 1.807) is 41.5 Å². The molecule has 0 saturated carbocycles. The summed E-state index contributed by atoms with van der Waals surface area (Å²) >= 11 is 1.67. The molecule has 110 valence electrons. The highest BCUT2D eigenvalue weighted by atomic mass is 32.1. The number of carbonyl (C=O) groups excluding carboxylic acids is 1. The molecule has 0 atom stereocenters. The summed E-state index contributed by atoms with van der Waals surface area (Å²) < 4.78 is 0. The van der Waals surface area contributed by atoms with Crippen LogP contribution in [0.4, 0.5) is 0 Å². The van der Waals surface area contributed by atoms with Crippen molar-refractivity contribution in [3.63, 3.8) is 0 Å². The number of aromatic carboxylic acids is 1. The van der Waals surface area contributed by atoms with Gasteiger partial charge in [-0.15, -0.1) is 11.3 Å². The van der Waals surface area contributed by atoms with Gasteiger partial charge in [-0.3, -0.25) is 4.79 Å². The molecule has 0 radical (unpaired) electrons. The third-order valence-corrected chi connectivity index (χ3v) is 4.13. The summed E-state index contributed by atoms with van der Waals surface area (Å²) in [6, 6.07) is 10.6. The summed E-state index contributed by atoms with van der Waals surface area (Å²) in [5.41, 5.74) is 0.922. The molecule has 0 spiro atoms.